The highest BCUT2D eigenvalue weighted by molar-refractivity contribution is 5.97. The number of carbonyl (C=O) groups is 1. The Labute approximate surface area is 140 Å². The topological polar surface area (TPSA) is 47.6 Å². The molecule has 2 aromatic rings. The third-order valence-corrected chi connectivity index (χ3v) is 4.55. The SMILES string of the molecule is COc1cccc(C(=O)NCC2(c3ccc(F)cc3)CC2)c1OC. The third kappa shape index (κ3) is 3.07. The van der Waals surface area contributed by atoms with Crippen LogP contribution in [-0.2, 0) is 5.41 Å². The minimum absolute atomic E-state index is 0.0878. The van der Waals surface area contributed by atoms with E-state index in [4.69, 9.17) is 9.47 Å². The molecule has 0 spiro atoms. The summed E-state index contributed by atoms with van der Waals surface area (Å²) in [4.78, 5) is 12.5. The fourth-order valence-corrected chi connectivity index (χ4v) is 2.93. The number of benzene rings is 2. The Morgan fingerprint density at radius 2 is 1.83 bits per heavy atom. The summed E-state index contributed by atoms with van der Waals surface area (Å²) in [5, 5.41) is 2.97. The lowest BCUT2D eigenvalue weighted by Gasteiger charge is -2.18. The molecule has 1 N–H and O–H groups in total. The maximum atomic E-state index is 13.1. The molecule has 4 nitrogen and oxygen atoms in total. The van der Waals surface area contributed by atoms with Gasteiger partial charge in [0.1, 0.15) is 5.82 Å². The molecule has 0 unspecified atom stereocenters. The first-order valence-electron chi connectivity index (χ1n) is 7.85. The van der Waals surface area contributed by atoms with E-state index in [9.17, 15) is 9.18 Å². The highest BCUT2D eigenvalue weighted by Gasteiger charge is 2.44. The maximum absolute atomic E-state index is 13.1. The maximum Gasteiger partial charge on any atom is 0.255 e. The molecule has 1 aliphatic carbocycles. The lowest BCUT2D eigenvalue weighted by Crippen LogP contribution is -2.32. The van der Waals surface area contributed by atoms with Gasteiger partial charge < -0.3 is 14.8 Å². The summed E-state index contributed by atoms with van der Waals surface area (Å²) in [7, 11) is 3.04. The summed E-state index contributed by atoms with van der Waals surface area (Å²) in [6, 6.07) is 11.7. The molecule has 24 heavy (non-hydrogen) atoms. The van der Waals surface area contributed by atoms with Crippen molar-refractivity contribution in [1.29, 1.82) is 0 Å². The predicted octanol–water partition coefficient (Wildman–Crippen LogP) is 3.30. The van der Waals surface area contributed by atoms with Gasteiger partial charge in [0.05, 0.1) is 19.8 Å². The third-order valence-electron chi connectivity index (χ3n) is 4.55. The van der Waals surface area contributed by atoms with Crippen LogP contribution in [0.25, 0.3) is 0 Å². The molecule has 0 saturated heterocycles. The summed E-state index contributed by atoms with van der Waals surface area (Å²) >= 11 is 0. The lowest BCUT2D eigenvalue weighted by atomic mass is 9.96. The zero-order valence-electron chi connectivity index (χ0n) is 13.8. The number of para-hydroxylation sites is 1. The van der Waals surface area contributed by atoms with Crippen LogP contribution in [-0.4, -0.2) is 26.7 Å². The number of carbonyl (C=O) groups excluding carboxylic acids is 1. The van der Waals surface area contributed by atoms with E-state index in [1.807, 2.05) is 0 Å². The highest BCUT2D eigenvalue weighted by Crippen LogP contribution is 2.47. The molecule has 1 fully saturated rings. The van der Waals surface area contributed by atoms with Crippen molar-refractivity contribution >= 4 is 5.91 Å². The molecule has 5 heteroatoms. The number of rotatable bonds is 6. The highest BCUT2D eigenvalue weighted by atomic mass is 19.1. The minimum atomic E-state index is -0.250. The summed E-state index contributed by atoms with van der Waals surface area (Å²) in [6.45, 7) is 0.512. The average Bonchev–Trinajstić information content (AvgIpc) is 3.40. The molecule has 0 bridgehead atoms. The molecule has 3 rings (SSSR count). The van der Waals surface area contributed by atoms with Crippen LogP contribution in [0, 0.1) is 5.82 Å². The number of amides is 1. The first-order valence-corrected chi connectivity index (χ1v) is 7.85. The first-order chi connectivity index (χ1) is 11.6. The van der Waals surface area contributed by atoms with Crippen molar-refractivity contribution in [2.24, 2.45) is 0 Å². The van der Waals surface area contributed by atoms with Crippen LogP contribution in [0.2, 0.25) is 0 Å². The van der Waals surface area contributed by atoms with Crippen molar-refractivity contribution in [3.05, 3.63) is 59.4 Å². The summed E-state index contributed by atoms with van der Waals surface area (Å²) < 4.78 is 23.6. The Kier molecular flexibility index (Phi) is 4.42. The van der Waals surface area contributed by atoms with Gasteiger partial charge in [-0.25, -0.2) is 4.39 Å². The zero-order valence-corrected chi connectivity index (χ0v) is 13.8. The normalized spacial score (nSPS) is 14.8. The molecule has 0 aromatic heterocycles. The van der Waals surface area contributed by atoms with Crippen molar-refractivity contribution in [2.45, 2.75) is 18.3 Å². The van der Waals surface area contributed by atoms with Crippen LogP contribution in [0.1, 0.15) is 28.8 Å². The molecule has 126 valence electrons. The number of nitrogens with one attached hydrogen (secondary N) is 1. The van der Waals surface area contributed by atoms with Gasteiger partial charge in [-0.05, 0) is 42.7 Å². The fraction of sp³-hybridized carbons (Fsp3) is 0.316. The molecule has 0 radical (unpaired) electrons. The molecular weight excluding hydrogens is 309 g/mol. The molecule has 2 aromatic carbocycles. The first kappa shape index (κ1) is 16.3. The van der Waals surface area contributed by atoms with Crippen LogP contribution < -0.4 is 14.8 Å². The summed E-state index contributed by atoms with van der Waals surface area (Å²) in [5.41, 5.74) is 1.41. The van der Waals surface area contributed by atoms with E-state index >= 15 is 0 Å². The van der Waals surface area contributed by atoms with Crippen molar-refractivity contribution in [3.63, 3.8) is 0 Å². The second-order valence-corrected chi connectivity index (χ2v) is 6.01. The van der Waals surface area contributed by atoms with Gasteiger partial charge in [0, 0.05) is 12.0 Å². The largest absolute Gasteiger partial charge is 0.493 e. The van der Waals surface area contributed by atoms with E-state index in [1.54, 1.807) is 30.3 Å². The van der Waals surface area contributed by atoms with E-state index in [1.165, 1.54) is 26.4 Å². The van der Waals surface area contributed by atoms with E-state index in [2.05, 4.69) is 5.32 Å². The number of hydrogen-bond acceptors (Lipinski definition) is 3. The van der Waals surface area contributed by atoms with Crippen molar-refractivity contribution in [1.82, 2.24) is 5.32 Å². The second kappa shape index (κ2) is 6.51. The molecule has 0 heterocycles. The van der Waals surface area contributed by atoms with Crippen molar-refractivity contribution in [3.8, 4) is 11.5 Å². The van der Waals surface area contributed by atoms with Crippen LogP contribution >= 0.6 is 0 Å². The molecule has 0 atom stereocenters. The summed E-state index contributed by atoms with van der Waals surface area (Å²) in [6.07, 6.45) is 1.96. The molecule has 0 aliphatic heterocycles. The van der Waals surface area contributed by atoms with Gasteiger partial charge in [-0.2, -0.15) is 0 Å². The lowest BCUT2D eigenvalue weighted by molar-refractivity contribution is 0.0946. The van der Waals surface area contributed by atoms with Gasteiger partial charge in [0.2, 0.25) is 0 Å². The summed E-state index contributed by atoms with van der Waals surface area (Å²) in [5.74, 6) is 0.479. The van der Waals surface area contributed by atoms with Gasteiger partial charge in [0.25, 0.3) is 5.91 Å². The quantitative estimate of drug-likeness (QED) is 0.884. The van der Waals surface area contributed by atoms with Gasteiger partial charge in [-0.1, -0.05) is 18.2 Å². The van der Waals surface area contributed by atoms with Gasteiger partial charge in [-0.15, -0.1) is 0 Å². The molecule has 1 amide bonds. The molecule has 1 saturated carbocycles. The zero-order chi connectivity index (χ0) is 17.2. The Morgan fingerprint density at radius 3 is 2.42 bits per heavy atom. The number of methoxy groups -OCH3 is 2. The smallest absolute Gasteiger partial charge is 0.255 e. The second-order valence-electron chi connectivity index (χ2n) is 6.01. The Balaban J connectivity index is 1.73. The van der Waals surface area contributed by atoms with E-state index in [0.29, 0.717) is 23.6 Å². The standard InChI is InChI=1S/C19H20FNO3/c1-23-16-5-3-4-15(17(16)24-2)18(22)21-12-19(10-11-19)13-6-8-14(20)9-7-13/h3-9H,10-12H2,1-2H3,(H,21,22). The Hall–Kier alpha value is -2.56. The van der Waals surface area contributed by atoms with E-state index < -0.39 is 0 Å². The van der Waals surface area contributed by atoms with Gasteiger partial charge in [-0.3, -0.25) is 4.79 Å². The average molecular weight is 329 g/mol. The van der Waals surface area contributed by atoms with Crippen molar-refractivity contribution in [2.75, 3.05) is 20.8 Å². The van der Waals surface area contributed by atoms with Crippen LogP contribution in [0.5, 0.6) is 11.5 Å². The van der Waals surface area contributed by atoms with Crippen LogP contribution in [0.4, 0.5) is 4.39 Å². The predicted molar refractivity (Wildman–Crippen MR) is 89.2 cm³/mol. The number of hydrogen-bond donors (Lipinski definition) is 1. The van der Waals surface area contributed by atoms with Gasteiger partial charge >= 0.3 is 0 Å². The van der Waals surface area contributed by atoms with E-state index in [0.717, 1.165) is 18.4 Å². The van der Waals surface area contributed by atoms with Crippen LogP contribution in [0.3, 0.4) is 0 Å². The Bertz CT molecular complexity index is 739. The fourth-order valence-electron chi connectivity index (χ4n) is 2.93. The minimum Gasteiger partial charge on any atom is -0.493 e. The van der Waals surface area contributed by atoms with E-state index in [-0.39, 0.29) is 17.1 Å². The van der Waals surface area contributed by atoms with Gasteiger partial charge in [0.15, 0.2) is 11.5 Å². The monoisotopic (exact) mass is 329 g/mol. The molecule has 1 aliphatic rings. The molecular formula is C19H20FNO3. The number of ether oxygens (including phenoxy) is 2. The van der Waals surface area contributed by atoms with Crippen LogP contribution in [0.15, 0.2) is 42.5 Å². The Morgan fingerprint density at radius 1 is 1.12 bits per heavy atom. The van der Waals surface area contributed by atoms with Crippen molar-refractivity contribution < 1.29 is 18.7 Å². The number of halogens is 1.